The lowest BCUT2D eigenvalue weighted by molar-refractivity contribution is -0.434. The molecule has 32 heteroatoms. The van der Waals surface area contributed by atoms with E-state index >= 15 is 0 Å². The zero-order valence-electron chi connectivity index (χ0n) is 28.6. The maximum Gasteiger partial charge on any atom is 0.397 e. The van der Waals surface area contributed by atoms with Crippen molar-refractivity contribution in [3.8, 4) is 5.75 Å². The van der Waals surface area contributed by atoms with Gasteiger partial charge in [-0.05, 0) is 53.9 Å². The molecule has 0 bridgehead atoms. The Hall–Kier alpha value is -4.49. The van der Waals surface area contributed by atoms with Crippen LogP contribution in [0.5, 0.6) is 5.75 Å². The molecule has 0 unspecified atom stereocenters. The average molecular weight is 948 g/mol. The first-order valence-corrected chi connectivity index (χ1v) is 22.5. The molecule has 0 aromatic heterocycles. The molecule has 26 nitrogen and oxygen atoms in total. The highest BCUT2D eigenvalue weighted by Crippen LogP contribution is 2.50. The Morgan fingerprint density at radius 2 is 1.41 bits per heavy atom. The molecule has 0 fully saturated rings. The number of carbonyl (C=O) groups is 1. The van der Waals surface area contributed by atoms with Gasteiger partial charge in [0.05, 0.1) is 73.8 Å². The number of sulfone groups is 2. The third kappa shape index (κ3) is 12.5. The summed E-state index contributed by atoms with van der Waals surface area (Å²) in [6.45, 7) is -1.45. The smallest absolute Gasteiger partial charge is 0.397 e. The Bertz CT molecular complexity index is 2750. The summed E-state index contributed by atoms with van der Waals surface area (Å²) in [4.78, 5) is 9.77. The molecule has 0 amide bonds. The van der Waals surface area contributed by atoms with Crippen LogP contribution in [-0.2, 0) is 67.3 Å². The van der Waals surface area contributed by atoms with Gasteiger partial charge in [-0.15, -0.1) is 24.0 Å². The molecule has 0 spiro atoms. The Morgan fingerprint density at radius 3 is 2.03 bits per heavy atom. The molecule has 8 N–H and O–H groups in total. The lowest BCUT2D eigenvalue weighted by atomic mass is 10.1. The maximum atomic E-state index is 12.9. The molecule has 0 radical (unpaired) electrons. The third-order valence-corrected chi connectivity index (χ3v) is 12.8. The van der Waals surface area contributed by atoms with Crippen molar-refractivity contribution < 1.29 is 95.4 Å². The number of nitrogens with zero attached hydrogens (tertiary/aromatic N) is 4. The fraction of sp³-hybridized carbons (Fsp3) is 0.148. The highest BCUT2D eigenvalue weighted by Gasteiger charge is 2.26. The number of hydrogen-bond acceptors (Lipinski definition) is 25. The molecule has 4 aromatic carbocycles. The summed E-state index contributed by atoms with van der Waals surface area (Å²) in [5, 5.41) is 59.5. The van der Waals surface area contributed by atoms with Crippen molar-refractivity contribution in [2.45, 2.75) is 19.6 Å². The van der Waals surface area contributed by atoms with Gasteiger partial charge >= 0.3 is 16.4 Å². The molecule has 4 aromatic rings. The SMILES string of the molecule is Nc1c(N=Nc2cccc(S(=O)(=O)CCOS(=O)(=O)O)c2)c(S(=O)(=O)O)cc2cc(SOOO)c(N=Nc3cc(S(=O)(=O)CCOSOOO)ccc3C(=O)O)c(O)c12. The van der Waals surface area contributed by atoms with E-state index in [1.165, 1.54) is 12.1 Å². The Morgan fingerprint density at radius 1 is 0.763 bits per heavy atom. The summed E-state index contributed by atoms with van der Waals surface area (Å²) in [6, 6.07) is 8.84. The van der Waals surface area contributed by atoms with Crippen molar-refractivity contribution in [2.24, 2.45) is 20.5 Å². The quantitative estimate of drug-likeness (QED) is 0.0113. The predicted octanol–water partition coefficient (Wildman–Crippen LogP) is 4.70. The highest BCUT2D eigenvalue weighted by molar-refractivity contribution is 7.94. The summed E-state index contributed by atoms with van der Waals surface area (Å²) in [6.07, 6.45) is 0. The van der Waals surface area contributed by atoms with Crippen LogP contribution in [0.4, 0.5) is 28.4 Å². The molecule has 0 saturated carbocycles. The van der Waals surface area contributed by atoms with Crippen LogP contribution in [-0.4, -0.2) is 94.2 Å². The minimum Gasteiger partial charge on any atom is -0.505 e. The van der Waals surface area contributed by atoms with Crippen LogP contribution < -0.4 is 5.73 Å². The first kappa shape index (κ1) is 47.2. The van der Waals surface area contributed by atoms with E-state index in [1.54, 1.807) is 0 Å². The number of phenols is 1. The molecule has 0 aliphatic rings. The monoisotopic (exact) mass is 947 g/mol. The normalized spacial score (nSPS) is 12.9. The number of carboxylic acids is 1. The van der Waals surface area contributed by atoms with Gasteiger partial charge in [-0.3, -0.25) is 13.3 Å². The van der Waals surface area contributed by atoms with Gasteiger partial charge in [0.25, 0.3) is 10.1 Å². The fourth-order valence-corrected chi connectivity index (χ4v) is 8.75. The number of hydrogen-bond donors (Lipinski definition) is 7. The number of nitrogen functional groups attached to an aromatic ring is 1. The van der Waals surface area contributed by atoms with Crippen molar-refractivity contribution in [2.75, 3.05) is 30.5 Å². The lowest BCUT2D eigenvalue weighted by Gasteiger charge is -2.14. The van der Waals surface area contributed by atoms with Crippen LogP contribution in [0.15, 0.2) is 94.6 Å². The number of nitrogens with two attached hydrogens (primary N) is 1. The zero-order chi connectivity index (χ0) is 43.8. The van der Waals surface area contributed by atoms with E-state index < -0.39 is 125 Å². The van der Waals surface area contributed by atoms with E-state index in [9.17, 15) is 53.2 Å². The van der Waals surface area contributed by atoms with Crippen LogP contribution in [0, 0.1) is 0 Å². The minimum atomic E-state index is -5.22. The number of phenolic OH excluding ortho intramolecular Hbond substituents is 1. The van der Waals surface area contributed by atoms with Crippen LogP contribution in [0.2, 0.25) is 0 Å². The summed E-state index contributed by atoms with van der Waals surface area (Å²) in [5.74, 6) is -4.14. The zero-order valence-corrected chi connectivity index (χ0v) is 33.5. The standard InChI is InChI=1S/C27H25N5O21S6/c28-23-22-14(11-21(58(42,43)44)25(23)32-29-15-2-1-3-16(12-15)57(40,41)9-7-49-59(45,46)47)10-20(54-52-50-36)24(26(22)33)31-30-19-13-17(4-5-18(19)27(34)35)56(38,39)8-6-48-55-53-51-37/h1-5,10-13,33,36-37H,6-9,28H2,(H,34,35)(H,42,43,44)(H,45,46,47). The van der Waals surface area contributed by atoms with Crippen molar-refractivity contribution in [3.05, 3.63) is 60.2 Å². The van der Waals surface area contributed by atoms with E-state index in [2.05, 4.69) is 43.4 Å². The lowest BCUT2D eigenvalue weighted by Crippen LogP contribution is -2.15. The Labute approximate surface area is 340 Å². The second-order valence-electron chi connectivity index (χ2n) is 10.8. The topological polar surface area (TPSA) is 406 Å². The molecule has 59 heavy (non-hydrogen) atoms. The summed E-state index contributed by atoms with van der Waals surface area (Å²) in [5.41, 5.74) is 2.69. The van der Waals surface area contributed by atoms with Crippen LogP contribution in [0.25, 0.3) is 10.8 Å². The molecule has 0 aliphatic carbocycles. The second kappa shape index (κ2) is 19.7. The first-order chi connectivity index (χ1) is 27.6. The van der Waals surface area contributed by atoms with E-state index in [0.29, 0.717) is 0 Å². The largest absolute Gasteiger partial charge is 0.505 e. The molecule has 0 heterocycles. The summed E-state index contributed by atoms with van der Waals surface area (Å²) >= 11 is 0.249. The fourth-order valence-electron chi connectivity index (χ4n) is 4.64. The predicted molar refractivity (Wildman–Crippen MR) is 199 cm³/mol. The van der Waals surface area contributed by atoms with Crippen LogP contribution >= 0.6 is 24.4 Å². The van der Waals surface area contributed by atoms with E-state index in [4.69, 9.17) is 25.0 Å². The number of rotatable bonds is 21. The molecule has 320 valence electrons. The first-order valence-electron chi connectivity index (χ1n) is 15.0. The van der Waals surface area contributed by atoms with E-state index in [1.807, 2.05) is 0 Å². The molecule has 0 saturated heterocycles. The van der Waals surface area contributed by atoms with Gasteiger partial charge in [-0.2, -0.15) is 21.9 Å². The van der Waals surface area contributed by atoms with Crippen LogP contribution in [0.3, 0.4) is 0 Å². The van der Waals surface area contributed by atoms with Crippen molar-refractivity contribution in [3.63, 3.8) is 0 Å². The number of azo groups is 2. The highest BCUT2D eigenvalue weighted by atomic mass is 32.3. The number of fused-ring (bicyclic) bond motifs is 1. The Kier molecular flexibility index (Phi) is 15.8. The van der Waals surface area contributed by atoms with Gasteiger partial charge in [0, 0.05) is 0 Å². The number of carboxylic acid groups (broad SMARTS) is 1. The maximum absolute atomic E-state index is 12.9. The van der Waals surface area contributed by atoms with Gasteiger partial charge in [0.2, 0.25) is 0 Å². The van der Waals surface area contributed by atoms with Gasteiger partial charge < -0.3 is 15.9 Å². The van der Waals surface area contributed by atoms with Crippen molar-refractivity contribution in [1.29, 1.82) is 0 Å². The second-order valence-corrected chi connectivity index (χ2v) is 18.8. The number of aromatic carboxylic acids is 1. The molecular formula is C27H25N5O21S6. The number of benzene rings is 4. The van der Waals surface area contributed by atoms with Crippen molar-refractivity contribution in [1.82, 2.24) is 0 Å². The third-order valence-electron chi connectivity index (χ3n) is 7.13. The minimum absolute atomic E-state index is 0.108. The van der Waals surface area contributed by atoms with E-state index in [-0.39, 0.29) is 40.3 Å². The number of anilines is 1. The van der Waals surface area contributed by atoms with Gasteiger partial charge in [-0.1, -0.05) is 16.1 Å². The van der Waals surface area contributed by atoms with Gasteiger partial charge in [0.15, 0.2) is 37.7 Å². The Balaban J connectivity index is 1.85. The van der Waals surface area contributed by atoms with E-state index in [0.717, 1.165) is 42.5 Å². The van der Waals surface area contributed by atoms with Gasteiger partial charge in [-0.25, -0.2) is 36.3 Å². The summed E-state index contributed by atoms with van der Waals surface area (Å²) < 4.78 is 134. The molecular weight excluding hydrogens is 923 g/mol. The molecule has 4 rings (SSSR count). The number of aromatic hydroxyl groups is 1. The summed E-state index contributed by atoms with van der Waals surface area (Å²) in [7, 11) is -18.6. The molecule has 0 atom stereocenters. The average Bonchev–Trinajstić information content (AvgIpc) is 3.15. The van der Waals surface area contributed by atoms with Crippen molar-refractivity contribution >= 4 is 110 Å². The van der Waals surface area contributed by atoms with Gasteiger partial charge in [0.1, 0.15) is 22.0 Å². The van der Waals surface area contributed by atoms with Crippen LogP contribution in [0.1, 0.15) is 10.4 Å². The molecule has 0 aliphatic heterocycles.